The van der Waals surface area contributed by atoms with Crippen LogP contribution >= 0.6 is 22.6 Å². The third-order valence-electron chi connectivity index (χ3n) is 4.57. The van der Waals surface area contributed by atoms with E-state index in [0.717, 1.165) is 5.75 Å². The van der Waals surface area contributed by atoms with Crippen molar-refractivity contribution < 1.29 is 4.74 Å². The zero-order valence-corrected chi connectivity index (χ0v) is 18.3. The van der Waals surface area contributed by atoms with Crippen molar-refractivity contribution in [3.8, 4) is 5.75 Å². The number of rotatable bonds is 9. The summed E-state index contributed by atoms with van der Waals surface area (Å²) in [6, 6.07) is 20.6. The Morgan fingerprint density at radius 1 is 0.958 bits per heavy atom. The SMILES string of the molecule is CCCCCC[Si](C)(C)c1cccc(OC(I)c2ccccc2)c1. The average Bonchev–Trinajstić information content (AvgIpc) is 2.60. The molecule has 2 rings (SSSR count). The van der Waals surface area contributed by atoms with Gasteiger partial charge in [-0.05, 0) is 34.7 Å². The van der Waals surface area contributed by atoms with Gasteiger partial charge in [0.05, 0.1) is 8.07 Å². The third kappa shape index (κ3) is 5.92. The zero-order chi connectivity index (χ0) is 17.4. The number of halogens is 1. The third-order valence-corrected chi connectivity index (χ3v) is 9.02. The van der Waals surface area contributed by atoms with Crippen LogP contribution in [-0.2, 0) is 0 Å². The number of benzene rings is 2. The monoisotopic (exact) mass is 452 g/mol. The molecule has 0 aromatic heterocycles. The quantitative estimate of drug-likeness (QED) is 0.178. The summed E-state index contributed by atoms with van der Waals surface area (Å²) >= 11 is 2.36. The molecule has 0 saturated carbocycles. The van der Waals surface area contributed by atoms with E-state index in [1.807, 2.05) is 6.07 Å². The van der Waals surface area contributed by atoms with Crippen molar-refractivity contribution in [2.24, 2.45) is 0 Å². The summed E-state index contributed by atoms with van der Waals surface area (Å²) in [5.41, 5.74) is 1.21. The minimum atomic E-state index is -1.37. The van der Waals surface area contributed by atoms with Crippen molar-refractivity contribution in [3.05, 3.63) is 60.2 Å². The molecule has 3 heteroatoms. The van der Waals surface area contributed by atoms with Crippen molar-refractivity contribution >= 4 is 35.9 Å². The van der Waals surface area contributed by atoms with Crippen LogP contribution in [-0.4, -0.2) is 8.07 Å². The van der Waals surface area contributed by atoms with Crippen LogP contribution in [0, 0.1) is 0 Å². The van der Waals surface area contributed by atoms with Crippen molar-refractivity contribution in [3.63, 3.8) is 0 Å². The van der Waals surface area contributed by atoms with Crippen LogP contribution in [0.5, 0.6) is 5.75 Å². The molecular formula is C21H29IOSi. The molecule has 0 saturated heterocycles. The highest BCUT2D eigenvalue weighted by atomic mass is 127. The van der Waals surface area contributed by atoms with E-state index in [-0.39, 0.29) is 4.11 Å². The molecule has 24 heavy (non-hydrogen) atoms. The lowest BCUT2D eigenvalue weighted by molar-refractivity contribution is 0.311. The summed E-state index contributed by atoms with van der Waals surface area (Å²) in [5, 5.41) is 1.51. The molecule has 0 radical (unpaired) electrons. The fourth-order valence-electron chi connectivity index (χ4n) is 2.92. The van der Waals surface area contributed by atoms with E-state index >= 15 is 0 Å². The van der Waals surface area contributed by atoms with E-state index in [0.29, 0.717) is 0 Å². The van der Waals surface area contributed by atoms with Gasteiger partial charge in [0.1, 0.15) is 5.75 Å². The second kappa shape index (κ2) is 9.61. The second-order valence-corrected chi connectivity index (χ2v) is 13.0. The predicted molar refractivity (Wildman–Crippen MR) is 116 cm³/mol. The van der Waals surface area contributed by atoms with Crippen molar-refractivity contribution in [1.29, 1.82) is 0 Å². The largest absolute Gasteiger partial charge is 0.475 e. The summed E-state index contributed by atoms with van der Waals surface area (Å²) in [7, 11) is -1.37. The number of hydrogen-bond donors (Lipinski definition) is 0. The van der Waals surface area contributed by atoms with Gasteiger partial charge in [-0.15, -0.1) is 0 Å². The van der Waals surface area contributed by atoms with E-state index in [4.69, 9.17) is 4.74 Å². The van der Waals surface area contributed by atoms with E-state index in [1.54, 1.807) is 0 Å². The van der Waals surface area contributed by atoms with Crippen LogP contribution in [0.15, 0.2) is 54.6 Å². The molecule has 0 aliphatic carbocycles. The number of unbranched alkanes of at least 4 members (excludes halogenated alkanes) is 3. The Kier molecular flexibility index (Phi) is 7.82. The highest BCUT2D eigenvalue weighted by Gasteiger charge is 2.23. The maximum atomic E-state index is 6.19. The van der Waals surface area contributed by atoms with Gasteiger partial charge in [-0.2, -0.15) is 0 Å². The van der Waals surface area contributed by atoms with Crippen molar-refractivity contribution in [2.75, 3.05) is 0 Å². The van der Waals surface area contributed by atoms with Crippen LogP contribution < -0.4 is 9.92 Å². The number of hydrogen-bond acceptors (Lipinski definition) is 1. The normalized spacial score (nSPS) is 12.8. The van der Waals surface area contributed by atoms with Gasteiger partial charge >= 0.3 is 0 Å². The lowest BCUT2D eigenvalue weighted by Crippen LogP contribution is -2.41. The van der Waals surface area contributed by atoms with Crippen molar-refractivity contribution in [2.45, 2.75) is 55.9 Å². The summed E-state index contributed by atoms with van der Waals surface area (Å²) in [6.07, 6.45) is 5.40. The fraction of sp³-hybridized carbons (Fsp3) is 0.429. The number of ether oxygens (including phenoxy) is 1. The molecule has 0 bridgehead atoms. The standard InChI is InChI=1S/C21H29IOSi/c1-4-5-6-10-16-24(2,3)20-15-11-14-19(17-20)23-21(22)18-12-8-7-9-13-18/h7-9,11-15,17,21H,4-6,10,16H2,1-3H3. The van der Waals surface area contributed by atoms with Gasteiger partial charge < -0.3 is 4.74 Å². The predicted octanol–water partition coefficient (Wildman–Crippen LogP) is 6.69. The molecule has 1 atom stereocenters. The highest BCUT2D eigenvalue weighted by molar-refractivity contribution is 14.1. The maximum absolute atomic E-state index is 6.19. The van der Waals surface area contributed by atoms with E-state index in [9.17, 15) is 0 Å². The smallest absolute Gasteiger partial charge is 0.174 e. The second-order valence-electron chi connectivity index (χ2n) is 7.07. The molecule has 0 amide bonds. The van der Waals surface area contributed by atoms with E-state index in [1.165, 1.54) is 42.5 Å². The fourth-order valence-corrected chi connectivity index (χ4v) is 6.13. The minimum Gasteiger partial charge on any atom is -0.475 e. The Bertz CT molecular complexity index is 612. The Hall–Kier alpha value is -0.813. The van der Waals surface area contributed by atoms with Crippen LogP contribution in [0.1, 0.15) is 42.3 Å². The molecule has 0 aliphatic rings. The Labute approximate surface area is 162 Å². The van der Waals surface area contributed by atoms with Crippen LogP contribution in [0.3, 0.4) is 0 Å². The molecule has 0 heterocycles. The minimum absolute atomic E-state index is 0.0494. The lowest BCUT2D eigenvalue weighted by Gasteiger charge is -2.24. The molecule has 0 N–H and O–H groups in total. The van der Waals surface area contributed by atoms with Gasteiger partial charge in [0.2, 0.25) is 0 Å². The summed E-state index contributed by atoms with van der Waals surface area (Å²) in [4.78, 5) is 0. The van der Waals surface area contributed by atoms with Gasteiger partial charge in [-0.25, -0.2) is 0 Å². The molecule has 1 nitrogen and oxygen atoms in total. The molecule has 2 aromatic carbocycles. The first-order valence-corrected chi connectivity index (χ1v) is 13.4. The molecular weight excluding hydrogens is 423 g/mol. The van der Waals surface area contributed by atoms with Crippen LogP contribution in [0.2, 0.25) is 19.1 Å². The molecule has 0 aliphatic heterocycles. The number of alkyl halides is 1. The topological polar surface area (TPSA) is 9.23 Å². The zero-order valence-electron chi connectivity index (χ0n) is 15.1. The summed E-state index contributed by atoms with van der Waals surface area (Å²) in [5.74, 6) is 0.991. The average molecular weight is 452 g/mol. The van der Waals surface area contributed by atoms with E-state index in [2.05, 4.69) is 91.1 Å². The first-order chi connectivity index (χ1) is 11.5. The molecule has 130 valence electrons. The van der Waals surface area contributed by atoms with Gasteiger partial charge in [0.15, 0.2) is 4.11 Å². The first-order valence-electron chi connectivity index (χ1n) is 8.99. The first kappa shape index (κ1) is 19.5. The van der Waals surface area contributed by atoms with Gasteiger partial charge in [0.25, 0.3) is 0 Å². The molecule has 0 spiro atoms. The van der Waals surface area contributed by atoms with Crippen LogP contribution in [0.4, 0.5) is 0 Å². The Morgan fingerprint density at radius 3 is 2.42 bits per heavy atom. The van der Waals surface area contributed by atoms with Gasteiger partial charge in [-0.1, -0.05) is 99.4 Å². The summed E-state index contributed by atoms with van der Waals surface area (Å²) < 4.78 is 6.24. The van der Waals surface area contributed by atoms with Gasteiger partial charge in [-0.3, -0.25) is 0 Å². The Morgan fingerprint density at radius 2 is 1.71 bits per heavy atom. The lowest BCUT2D eigenvalue weighted by atomic mass is 10.2. The molecule has 2 aromatic rings. The van der Waals surface area contributed by atoms with E-state index < -0.39 is 8.07 Å². The summed E-state index contributed by atoms with van der Waals surface area (Å²) in [6.45, 7) is 7.24. The van der Waals surface area contributed by atoms with Gasteiger partial charge in [0, 0.05) is 5.56 Å². The highest BCUT2D eigenvalue weighted by Crippen LogP contribution is 2.27. The molecule has 1 unspecified atom stereocenters. The van der Waals surface area contributed by atoms with Crippen LogP contribution in [0.25, 0.3) is 0 Å². The Balaban J connectivity index is 2.02. The maximum Gasteiger partial charge on any atom is 0.174 e. The molecule has 0 fully saturated rings. The van der Waals surface area contributed by atoms with Crippen molar-refractivity contribution in [1.82, 2.24) is 0 Å².